The van der Waals surface area contributed by atoms with Gasteiger partial charge in [-0.25, -0.2) is 4.79 Å². The first kappa shape index (κ1) is 13.2. The second-order valence-corrected chi connectivity index (χ2v) is 4.28. The van der Waals surface area contributed by atoms with E-state index in [0.717, 1.165) is 12.2 Å². The fraction of sp³-hybridized carbons (Fsp3) is 0.267. The fourth-order valence-electron chi connectivity index (χ4n) is 1.92. The zero-order chi connectivity index (χ0) is 13.7. The first-order chi connectivity index (χ1) is 9.22. The van der Waals surface area contributed by atoms with Gasteiger partial charge in [-0.2, -0.15) is 0 Å². The average Bonchev–Trinajstić information content (AvgIpc) is 2.48. The maximum Gasteiger partial charge on any atom is 0.417 e. The molecule has 4 nitrogen and oxygen atoms in total. The van der Waals surface area contributed by atoms with Gasteiger partial charge in [-0.1, -0.05) is 24.3 Å². The van der Waals surface area contributed by atoms with Gasteiger partial charge in [0.2, 0.25) is 0 Å². The molecule has 0 radical (unpaired) electrons. The van der Waals surface area contributed by atoms with Crippen LogP contribution in [-0.4, -0.2) is 25.2 Å². The summed E-state index contributed by atoms with van der Waals surface area (Å²) in [6.07, 6.45) is 7.96. The minimum Gasteiger partial charge on any atom is -0.497 e. The molecule has 100 valence electrons. The summed E-state index contributed by atoms with van der Waals surface area (Å²) in [6.45, 7) is 0. The van der Waals surface area contributed by atoms with Crippen molar-refractivity contribution in [1.82, 2.24) is 4.90 Å². The zero-order valence-corrected chi connectivity index (χ0v) is 11.1. The normalized spacial score (nSPS) is 14.5. The van der Waals surface area contributed by atoms with Crippen LogP contribution < -0.4 is 4.74 Å². The number of ether oxygens (including phenoxy) is 2. The van der Waals surface area contributed by atoms with Gasteiger partial charge >= 0.3 is 6.09 Å². The van der Waals surface area contributed by atoms with E-state index in [0.29, 0.717) is 0 Å². The average molecular weight is 259 g/mol. The number of benzene rings is 1. The number of carbonyl (C=O) groups is 1. The van der Waals surface area contributed by atoms with E-state index < -0.39 is 0 Å². The van der Waals surface area contributed by atoms with Gasteiger partial charge < -0.3 is 9.47 Å². The number of nitrogens with zero attached hydrogens (tertiary/aromatic N) is 1. The van der Waals surface area contributed by atoms with E-state index in [1.807, 2.05) is 36.4 Å². The minimum absolute atomic E-state index is 0.286. The maximum atomic E-state index is 11.3. The Morgan fingerprint density at radius 2 is 1.79 bits per heavy atom. The molecule has 4 heteroatoms. The van der Waals surface area contributed by atoms with Crippen molar-refractivity contribution in [3.8, 4) is 5.75 Å². The van der Waals surface area contributed by atoms with Gasteiger partial charge in [-0.3, -0.25) is 4.90 Å². The van der Waals surface area contributed by atoms with Gasteiger partial charge in [0.1, 0.15) is 5.75 Å². The van der Waals surface area contributed by atoms with Crippen molar-refractivity contribution in [3.05, 3.63) is 54.4 Å². The molecule has 1 amide bonds. The van der Waals surface area contributed by atoms with Crippen molar-refractivity contribution in [3.63, 3.8) is 0 Å². The molecule has 0 N–H and O–H groups in total. The lowest BCUT2D eigenvalue weighted by molar-refractivity contribution is 0.151. The number of methoxy groups -OCH3 is 2. The molecule has 0 aliphatic carbocycles. The molecular weight excluding hydrogens is 242 g/mol. The number of rotatable bonds is 3. The highest BCUT2D eigenvalue weighted by Gasteiger charge is 2.13. The highest BCUT2D eigenvalue weighted by Crippen LogP contribution is 2.19. The molecule has 1 aliphatic rings. The molecule has 1 heterocycles. The summed E-state index contributed by atoms with van der Waals surface area (Å²) in [6, 6.07) is 8.00. The molecule has 19 heavy (non-hydrogen) atoms. The van der Waals surface area contributed by atoms with E-state index >= 15 is 0 Å². The quantitative estimate of drug-likeness (QED) is 0.837. The Kier molecular flexibility index (Phi) is 4.23. The Morgan fingerprint density at radius 1 is 1.16 bits per heavy atom. The van der Waals surface area contributed by atoms with Crippen LogP contribution >= 0.6 is 0 Å². The van der Waals surface area contributed by atoms with Crippen LogP contribution in [0.5, 0.6) is 5.75 Å². The summed E-state index contributed by atoms with van der Waals surface area (Å²) in [7, 11) is 3.02. The molecule has 0 saturated heterocycles. The van der Waals surface area contributed by atoms with Gasteiger partial charge in [0.05, 0.1) is 14.2 Å². The van der Waals surface area contributed by atoms with Crippen LogP contribution in [0.2, 0.25) is 0 Å². The Bertz CT molecular complexity index is 477. The summed E-state index contributed by atoms with van der Waals surface area (Å²) >= 11 is 0. The van der Waals surface area contributed by atoms with Crippen LogP contribution in [0.1, 0.15) is 5.56 Å². The minimum atomic E-state index is -0.379. The molecule has 1 aromatic rings. The van der Waals surface area contributed by atoms with Crippen molar-refractivity contribution >= 4 is 6.09 Å². The number of allylic oxidation sites excluding steroid dienone is 2. The number of carbonyl (C=O) groups excluding carboxylic acids is 1. The number of hydrogen-bond donors (Lipinski definition) is 0. The Balaban J connectivity index is 1.94. The first-order valence-corrected chi connectivity index (χ1v) is 6.09. The van der Waals surface area contributed by atoms with Crippen LogP contribution in [0.3, 0.4) is 0 Å². The molecule has 0 bridgehead atoms. The molecule has 0 atom stereocenters. The first-order valence-electron chi connectivity index (χ1n) is 6.09. The van der Waals surface area contributed by atoms with E-state index in [9.17, 15) is 4.79 Å². The van der Waals surface area contributed by atoms with Crippen molar-refractivity contribution in [1.29, 1.82) is 0 Å². The van der Waals surface area contributed by atoms with E-state index in [1.54, 1.807) is 19.5 Å². The van der Waals surface area contributed by atoms with Crippen LogP contribution in [0.25, 0.3) is 0 Å². The molecule has 0 saturated carbocycles. The number of amides is 1. The third kappa shape index (κ3) is 3.37. The monoisotopic (exact) mass is 259 g/mol. The zero-order valence-electron chi connectivity index (χ0n) is 11.1. The SMILES string of the molecule is COC(=O)N1C=CC(Cc2ccc(OC)cc2)C=C1. The Labute approximate surface area is 112 Å². The summed E-state index contributed by atoms with van der Waals surface area (Å²) in [5, 5.41) is 0. The van der Waals surface area contributed by atoms with E-state index in [4.69, 9.17) is 4.74 Å². The molecule has 0 unspecified atom stereocenters. The summed E-state index contributed by atoms with van der Waals surface area (Å²) < 4.78 is 9.77. The Morgan fingerprint density at radius 3 is 2.32 bits per heavy atom. The van der Waals surface area contributed by atoms with Crippen molar-refractivity contribution in [2.24, 2.45) is 5.92 Å². The summed E-state index contributed by atoms with van der Waals surface area (Å²) in [5.41, 5.74) is 1.23. The topological polar surface area (TPSA) is 38.8 Å². The van der Waals surface area contributed by atoms with E-state index in [-0.39, 0.29) is 12.0 Å². The van der Waals surface area contributed by atoms with Gasteiger partial charge in [-0.15, -0.1) is 0 Å². The van der Waals surface area contributed by atoms with Crippen molar-refractivity contribution in [2.45, 2.75) is 6.42 Å². The van der Waals surface area contributed by atoms with Crippen LogP contribution in [-0.2, 0) is 11.2 Å². The third-order valence-corrected chi connectivity index (χ3v) is 3.00. The third-order valence-electron chi connectivity index (χ3n) is 3.00. The lowest BCUT2D eigenvalue weighted by Gasteiger charge is -2.18. The van der Waals surface area contributed by atoms with Crippen LogP contribution in [0.4, 0.5) is 4.79 Å². The van der Waals surface area contributed by atoms with Gasteiger partial charge in [0.15, 0.2) is 0 Å². The van der Waals surface area contributed by atoms with E-state index in [1.165, 1.54) is 17.6 Å². The lowest BCUT2D eigenvalue weighted by Crippen LogP contribution is -2.22. The highest BCUT2D eigenvalue weighted by atomic mass is 16.5. The molecule has 0 spiro atoms. The predicted octanol–water partition coefficient (Wildman–Crippen LogP) is 2.96. The second-order valence-electron chi connectivity index (χ2n) is 4.28. The summed E-state index contributed by atoms with van der Waals surface area (Å²) in [4.78, 5) is 12.7. The van der Waals surface area contributed by atoms with E-state index in [2.05, 4.69) is 4.74 Å². The van der Waals surface area contributed by atoms with Gasteiger partial charge in [-0.05, 0) is 24.1 Å². The predicted molar refractivity (Wildman–Crippen MR) is 72.7 cm³/mol. The Hall–Kier alpha value is -2.23. The van der Waals surface area contributed by atoms with Crippen molar-refractivity contribution < 1.29 is 14.3 Å². The van der Waals surface area contributed by atoms with Gasteiger partial charge in [0, 0.05) is 18.3 Å². The maximum absolute atomic E-state index is 11.3. The largest absolute Gasteiger partial charge is 0.497 e. The number of hydrogen-bond acceptors (Lipinski definition) is 3. The molecule has 1 aromatic carbocycles. The van der Waals surface area contributed by atoms with Crippen molar-refractivity contribution in [2.75, 3.05) is 14.2 Å². The standard InChI is InChI=1S/C15H17NO3/c1-18-14-5-3-12(4-6-14)11-13-7-9-16(10-8-13)15(17)19-2/h3-10,13H,11H2,1-2H3. The van der Waals surface area contributed by atoms with Crippen LogP contribution in [0, 0.1) is 5.92 Å². The molecule has 1 aliphatic heterocycles. The molecule has 2 rings (SSSR count). The molecular formula is C15H17NO3. The van der Waals surface area contributed by atoms with Gasteiger partial charge in [0.25, 0.3) is 0 Å². The summed E-state index contributed by atoms with van der Waals surface area (Å²) in [5.74, 6) is 1.14. The molecule has 0 aromatic heterocycles. The highest BCUT2D eigenvalue weighted by molar-refractivity contribution is 5.70. The fourth-order valence-corrected chi connectivity index (χ4v) is 1.92. The second kappa shape index (κ2) is 6.09. The smallest absolute Gasteiger partial charge is 0.417 e. The lowest BCUT2D eigenvalue weighted by atomic mass is 9.98. The van der Waals surface area contributed by atoms with Crippen LogP contribution in [0.15, 0.2) is 48.8 Å². The molecule has 0 fully saturated rings.